The van der Waals surface area contributed by atoms with E-state index < -0.39 is 6.61 Å². The molecule has 3 unspecified atom stereocenters. The molecule has 2 saturated carbocycles. The number of ether oxygens (including phenoxy) is 3. The topological polar surface area (TPSA) is 44.8 Å². The Balaban J connectivity index is 1.58. The molecule has 2 aliphatic rings. The molecule has 0 N–H and O–H groups in total. The quantitative estimate of drug-likeness (QED) is 0.746. The van der Waals surface area contributed by atoms with Crippen LogP contribution in [0.5, 0.6) is 11.5 Å². The Morgan fingerprint density at radius 3 is 2.70 bits per heavy atom. The van der Waals surface area contributed by atoms with Gasteiger partial charge in [-0.2, -0.15) is 8.78 Å². The number of rotatable bonds is 6. The first-order valence-electron chi connectivity index (χ1n) is 7.85. The molecule has 0 amide bonds. The van der Waals surface area contributed by atoms with E-state index in [1.54, 1.807) is 12.1 Å². The molecule has 2 fully saturated rings. The summed E-state index contributed by atoms with van der Waals surface area (Å²) in [4.78, 5) is 12.2. The highest BCUT2D eigenvalue weighted by molar-refractivity contribution is 5.73. The van der Waals surface area contributed by atoms with E-state index in [0.717, 1.165) is 19.3 Å². The largest absolute Gasteiger partial charge is 0.493 e. The van der Waals surface area contributed by atoms with Crippen molar-refractivity contribution >= 4 is 5.97 Å². The maximum Gasteiger partial charge on any atom is 0.387 e. The Hall–Kier alpha value is -1.85. The third-order valence-corrected chi connectivity index (χ3v) is 4.87. The zero-order valence-electron chi connectivity index (χ0n) is 13.0. The monoisotopic (exact) mass is 326 g/mol. The maximum absolute atomic E-state index is 12.3. The predicted octanol–water partition coefficient (Wildman–Crippen LogP) is 3.78. The lowest BCUT2D eigenvalue weighted by atomic mass is 9.89. The van der Waals surface area contributed by atoms with Gasteiger partial charge in [0.05, 0.1) is 13.0 Å². The van der Waals surface area contributed by atoms with Crippen LogP contribution in [0, 0.1) is 17.8 Å². The second-order valence-electron chi connectivity index (χ2n) is 6.25. The highest BCUT2D eigenvalue weighted by Crippen LogP contribution is 2.48. The molecule has 6 heteroatoms. The molecule has 0 heterocycles. The fourth-order valence-electron chi connectivity index (χ4n) is 3.79. The van der Waals surface area contributed by atoms with E-state index >= 15 is 0 Å². The minimum Gasteiger partial charge on any atom is -0.493 e. The van der Waals surface area contributed by atoms with Gasteiger partial charge >= 0.3 is 12.6 Å². The molecule has 1 aromatic carbocycles. The second-order valence-corrected chi connectivity index (χ2v) is 6.25. The van der Waals surface area contributed by atoms with Gasteiger partial charge in [-0.25, -0.2) is 0 Å². The van der Waals surface area contributed by atoms with Crippen LogP contribution in [0.3, 0.4) is 0 Å². The van der Waals surface area contributed by atoms with E-state index in [-0.39, 0.29) is 30.0 Å². The Labute approximate surface area is 133 Å². The number of benzene rings is 1. The lowest BCUT2D eigenvalue weighted by molar-refractivity contribution is -0.151. The van der Waals surface area contributed by atoms with Crippen LogP contribution in [0.1, 0.15) is 31.2 Å². The molecule has 2 aliphatic carbocycles. The van der Waals surface area contributed by atoms with Gasteiger partial charge in [0, 0.05) is 0 Å². The first-order valence-corrected chi connectivity index (χ1v) is 7.85. The SMILES string of the molecule is COc1cc(COC(=O)C2CC3CCC2C3)ccc1OC(F)F. The van der Waals surface area contributed by atoms with E-state index in [0.29, 0.717) is 17.4 Å². The van der Waals surface area contributed by atoms with Crippen LogP contribution in [0.2, 0.25) is 0 Å². The number of fused-ring (bicyclic) bond motifs is 2. The predicted molar refractivity (Wildman–Crippen MR) is 78.4 cm³/mol. The lowest BCUT2D eigenvalue weighted by Crippen LogP contribution is -2.23. The molecular formula is C17H20F2O4. The normalized spacial score (nSPS) is 25.7. The van der Waals surface area contributed by atoms with Gasteiger partial charge in [0.15, 0.2) is 11.5 Å². The molecule has 3 rings (SSSR count). The van der Waals surface area contributed by atoms with E-state index in [2.05, 4.69) is 4.74 Å². The molecule has 126 valence electrons. The van der Waals surface area contributed by atoms with Crippen molar-refractivity contribution in [1.29, 1.82) is 0 Å². The van der Waals surface area contributed by atoms with Crippen LogP contribution >= 0.6 is 0 Å². The smallest absolute Gasteiger partial charge is 0.387 e. The minimum absolute atomic E-state index is 0.0251. The van der Waals surface area contributed by atoms with Gasteiger partial charge in [-0.1, -0.05) is 12.5 Å². The van der Waals surface area contributed by atoms with E-state index in [4.69, 9.17) is 9.47 Å². The summed E-state index contributed by atoms with van der Waals surface area (Å²) in [6, 6.07) is 4.53. The first-order chi connectivity index (χ1) is 11.1. The third kappa shape index (κ3) is 3.57. The molecule has 23 heavy (non-hydrogen) atoms. The minimum atomic E-state index is -2.91. The van der Waals surface area contributed by atoms with Gasteiger partial charge in [-0.3, -0.25) is 4.79 Å². The summed E-state index contributed by atoms with van der Waals surface area (Å²) in [6.07, 6.45) is 4.44. The molecule has 0 saturated heterocycles. The molecule has 0 aromatic heterocycles. The zero-order valence-corrected chi connectivity index (χ0v) is 13.0. The van der Waals surface area contributed by atoms with Crippen LogP contribution in [0.25, 0.3) is 0 Å². The second kappa shape index (κ2) is 6.72. The maximum atomic E-state index is 12.3. The van der Waals surface area contributed by atoms with Gasteiger partial charge in [0.2, 0.25) is 0 Å². The summed E-state index contributed by atoms with van der Waals surface area (Å²) in [5.74, 6) is 1.19. The number of hydrogen-bond donors (Lipinski definition) is 0. The summed E-state index contributed by atoms with van der Waals surface area (Å²) in [7, 11) is 1.37. The number of alkyl halides is 2. The van der Waals surface area contributed by atoms with Crippen molar-refractivity contribution in [3.05, 3.63) is 23.8 Å². The average molecular weight is 326 g/mol. The van der Waals surface area contributed by atoms with E-state index in [1.165, 1.54) is 19.6 Å². The van der Waals surface area contributed by atoms with Gasteiger partial charge < -0.3 is 14.2 Å². The van der Waals surface area contributed by atoms with Crippen molar-refractivity contribution in [1.82, 2.24) is 0 Å². The Morgan fingerprint density at radius 2 is 2.09 bits per heavy atom. The summed E-state index contributed by atoms with van der Waals surface area (Å²) < 4.78 is 39.4. The summed E-state index contributed by atoms with van der Waals surface area (Å²) in [6.45, 7) is -2.80. The summed E-state index contributed by atoms with van der Waals surface area (Å²) in [5, 5.41) is 0. The van der Waals surface area contributed by atoms with Gasteiger partial charge in [-0.05, 0) is 48.8 Å². The molecule has 3 atom stereocenters. The van der Waals surface area contributed by atoms with Crippen molar-refractivity contribution in [2.75, 3.05) is 7.11 Å². The molecule has 4 nitrogen and oxygen atoms in total. The standard InChI is InChI=1S/C17H20F2O4/c1-21-15-8-11(3-5-14(15)23-17(18)19)9-22-16(20)13-7-10-2-4-12(13)6-10/h3,5,8,10,12-13,17H,2,4,6-7,9H2,1H3. The molecule has 2 bridgehead atoms. The molecule has 0 radical (unpaired) electrons. The number of hydrogen-bond acceptors (Lipinski definition) is 4. The van der Waals surface area contributed by atoms with Crippen molar-refractivity contribution in [3.63, 3.8) is 0 Å². The average Bonchev–Trinajstić information content (AvgIpc) is 3.16. The lowest BCUT2D eigenvalue weighted by Gasteiger charge is -2.20. The molecule has 0 spiro atoms. The fourth-order valence-corrected chi connectivity index (χ4v) is 3.79. The number of halogens is 2. The highest BCUT2D eigenvalue weighted by Gasteiger charge is 2.43. The van der Waals surface area contributed by atoms with Crippen molar-refractivity contribution in [2.24, 2.45) is 17.8 Å². The highest BCUT2D eigenvalue weighted by atomic mass is 19.3. The van der Waals surface area contributed by atoms with Crippen LogP contribution < -0.4 is 9.47 Å². The Morgan fingerprint density at radius 1 is 1.26 bits per heavy atom. The van der Waals surface area contributed by atoms with Gasteiger partial charge in [0.1, 0.15) is 6.61 Å². The summed E-state index contributed by atoms with van der Waals surface area (Å²) >= 11 is 0. The van der Waals surface area contributed by atoms with Crippen molar-refractivity contribution < 1.29 is 27.8 Å². The number of methoxy groups -OCH3 is 1. The number of esters is 1. The Bertz CT molecular complexity index is 576. The summed E-state index contributed by atoms with van der Waals surface area (Å²) in [5.41, 5.74) is 0.681. The molecular weight excluding hydrogens is 306 g/mol. The van der Waals surface area contributed by atoms with Crippen LogP contribution in [-0.2, 0) is 16.1 Å². The van der Waals surface area contributed by atoms with Crippen LogP contribution in [0.15, 0.2) is 18.2 Å². The third-order valence-electron chi connectivity index (χ3n) is 4.87. The molecule has 0 aliphatic heterocycles. The van der Waals surface area contributed by atoms with Crippen LogP contribution in [0.4, 0.5) is 8.78 Å². The number of carbonyl (C=O) groups excluding carboxylic acids is 1. The van der Waals surface area contributed by atoms with Crippen molar-refractivity contribution in [2.45, 2.75) is 38.9 Å². The number of carbonyl (C=O) groups is 1. The van der Waals surface area contributed by atoms with Gasteiger partial charge in [-0.15, -0.1) is 0 Å². The van der Waals surface area contributed by atoms with Gasteiger partial charge in [0.25, 0.3) is 0 Å². The zero-order chi connectivity index (χ0) is 16.4. The molecule has 1 aromatic rings. The first kappa shape index (κ1) is 16.0. The van der Waals surface area contributed by atoms with Crippen LogP contribution in [-0.4, -0.2) is 19.7 Å². The Kier molecular flexibility index (Phi) is 4.68. The van der Waals surface area contributed by atoms with E-state index in [9.17, 15) is 13.6 Å². The van der Waals surface area contributed by atoms with Crippen molar-refractivity contribution in [3.8, 4) is 11.5 Å². The fraction of sp³-hybridized carbons (Fsp3) is 0.588. The van der Waals surface area contributed by atoms with E-state index in [1.807, 2.05) is 0 Å².